The summed E-state index contributed by atoms with van der Waals surface area (Å²) in [4.78, 5) is 19.1. The molecule has 3 heterocycles. The van der Waals surface area contributed by atoms with E-state index in [1.165, 1.54) is 6.92 Å². The molecule has 0 aliphatic carbocycles. The van der Waals surface area contributed by atoms with Crippen LogP contribution in [0.1, 0.15) is 6.92 Å². The summed E-state index contributed by atoms with van der Waals surface area (Å²) in [6, 6.07) is 7.60. The van der Waals surface area contributed by atoms with E-state index in [1.807, 2.05) is 35.0 Å². The number of nitrogens with zero attached hydrogens (tertiary/aromatic N) is 3. The molecular formula is C14H11ClN4O. The Balaban J connectivity index is 2.04. The standard InChI is InChI=1S/C14H11ClN4O/c1-9(20)17-11-6-12-3-2-10(7-19(12)8-11)13-4-5-16-14(15)18-13/h2-8H,1H3,(H,17,20). The highest BCUT2D eigenvalue weighted by atomic mass is 35.5. The first-order valence-corrected chi connectivity index (χ1v) is 6.38. The number of carbonyl (C=O) groups is 1. The third-order valence-corrected chi connectivity index (χ3v) is 3.02. The zero-order chi connectivity index (χ0) is 14.1. The Bertz CT molecular complexity index is 797. The van der Waals surface area contributed by atoms with Gasteiger partial charge in [0, 0.05) is 36.6 Å². The van der Waals surface area contributed by atoms with Crippen LogP contribution in [0.3, 0.4) is 0 Å². The second-order valence-electron chi connectivity index (χ2n) is 4.37. The number of hydrogen-bond acceptors (Lipinski definition) is 3. The molecule has 6 heteroatoms. The molecule has 0 saturated heterocycles. The molecule has 0 unspecified atom stereocenters. The van der Waals surface area contributed by atoms with Gasteiger partial charge >= 0.3 is 0 Å². The number of aromatic nitrogens is 3. The Morgan fingerprint density at radius 3 is 2.90 bits per heavy atom. The van der Waals surface area contributed by atoms with Crippen molar-refractivity contribution in [1.29, 1.82) is 0 Å². The molecule has 0 spiro atoms. The molecule has 0 atom stereocenters. The molecule has 3 aromatic rings. The number of anilines is 1. The van der Waals surface area contributed by atoms with Gasteiger partial charge in [0.15, 0.2) is 0 Å². The van der Waals surface area contributed by atoms with Crippen LogP contribution in [-0.2, 0) is 4.79 Å². The van der Waals surface area contributed by atoms with E-state index in [2.05, 4.69) is 15.3 Å². The molecule has 0 saturated carbocycles. The summed E-state index contributed by atoms with van der Waals surface area (Å²) in [5.74, 6) is -0.0938. The lowest BCUT2D eigenvalue weighted by molar-refractivity contribution is -0.114. The molecule has 3 rings (SSSR count). The fourth-order valence-electron chi connectivity index (χ4n) is 2.03. The van der Waals surface area contributed by atoms with Crippen molar-refractivity contribution in [3.8, 4) is 11.3 Å². The molecule has 5 nitrogen and oxygen atoms in total. The molecular weight excluding hydrogens is 276 g/mol. The fourth-order valence-corrected chi connectivity index (χ4v) is 2.18. The molecule has 0 bridgehead atoms. The van der Waals surface area contributed by atoms with Gasteiger partial charge in [-0.25, -0.2) is 9.97 Å². The van der Waals surface area contributed by atoms with Crippen LogP contribution in [-0.4, -0.2) is 20.3 Å². The number of rotatable bonds is 2. The Morgan fingerprint density at radius 1 is 1.30 bits per heavy atom. The van der Waals surface area contributed by atoms with Gasteiger partial charge in [0.25, 0.3) is 0 Å². The van der Waals surface area contributed by atoms with Crippen molar-refractivity contribution in [2.45, 2.75) is 6.92 Å². The van der Waals surface area contributed by atoms with E-state index in [0.717, 1.165) is 22.5 Å². The highest BCUT2D eigenvalue weighted by Crippen LogP contribution is 2.21. The van der Waals surface area contributed by atoms with Gasteiger partial charge in [-0.3, -0.25) is 4.79 Å². The topological polar surface area (TPSA) is 59.3 Å². The number of amides is 1. The minimum absolute atomic E-state index is 0.0938. The predicted molar refractivity (Wildman–Crippen MR) is 77.7 cm³/mol. The summed E-state index contributed by atoms with van der Waals surface area (Å²) >= 11 is 5.80. The number of pyridine rings is 1. The average Bonchev–Trinajstić information content (AvgIpc) is 2.78. The first-order valence-electron chi connectivity index (χ1n) is 6.00. The Morgan fingerprint density at radius 2 is 2.15 bits per heavy atom. The van der Waals surface area contributed by atoms with Crippen molar-refractivity contribution in [2.75, 3.05) is 5.32 Å². The first-order chi connectivity index (χ1) is 9.61. The summed E-state index contributed by atoms with van der Waals surface area (Å²) in [5.41, 5.74) is 3.42. The van der Waals surface area contributed by atoms with Crippen LogP contribution < -0.4 is 5.32 Å². The number of halogens is 1. The third kappa shape index (κ3) is 2.48. The van der Waals surface area contributed by atoms with E-state index in [0.29, 0.717) is 0 Å². The van der Waals surface area contributed by atoms with Crippen molar-refractivity contribution in [3.63, 3.8) is 0 Å². The molecule has 20 heavy (non-hydrogen) atoms. The van der Waals surface area contributed by atoms with Crippen LogP contribution in [0.2, 0.25) is 5.28 Å². The second-order valence-corrected chi connectivity index (χ2v) is 4.71. The van der Waals surface area contributed by atoms with Crippen molar-refractivity contribution >= 4 is 28.7 Å². The third-order valence-electron chi connectivity index (χ3n) is 2.83. The van der Waals surface area contributed by atoms with Gasteiger partial charge in [-0.15, -0.1) is 0 Å². The first kappa shape index (κ1) is 12.6. The Labute approximate surface area is 120 Å². The monoisotopic (exact) mass is 286 g/mol. The van der Waals surface area contributed by atoms with E-state index >= 15 is 0 Å². The summed E-state index contributed by atoms with van der Waals surface area (Å²) in [5, 5.41) is 2.97. The van der Waals surface area contributed by atoms with Gasteiger partial charge in [-0.1, -0.05) is 0 Å². The summed E-state index contributed by atoms with van der Waals surface area (Å²) in [6.07, 6.45) is 5.40. The largest absolute Gasteiger partial charge is 0.325 e. The maximum absolute atomic E-state index is 11.1. The summed E-state index contributed by atoms with van der Waals surface area (Å²) in [7, 11) is 0. The van der Waals surface area contributed by atoms with Crippen molar-refractivity contribution in [2.24, 2.45) is 0 Å². The van der Waals surface area contributed by atoms with Crippen LogP contribution in [0.25, 0.3) is 16.8 Å². The minimum Gasteiger partial charge on any atom is -0.325 e. The van der Waals surface area contributed by atoms with E-state index in [9.17, 15) is 4.79 Å². The van der Waals surface area contributed by atoms with E-state index in [1.54, 1.807) is 12.3 Å². The smallest absolute Gasteiger partial charge is 0.222 e. The van der Waals surface area contributed by atoms with Crippen LogP contribution in [0.15, 0.2) is 42.9 Å². The summed E-state index contributed by atoms with van der Waals surface area (Å²) < 4.78 is 1.93. The highest BCUT2D eigenvalue weighted by molar-refractivity contribution is 6.28. The molecule has 0 aromatic carbocycles. The molecule has 0 radical (unpaired) electrons. The predicted octanol–water partition coefficient (Wildman–Crippen LogP) is 3.01. The number of fused-ring (bicyclic) bond motifs is 1. The lowest BCUT2D eigenvalue weighted by atomic mass is 10.2. The lowest BCUT2D eigenvalue weighted by Crippen LogP contribution is -2.04. The molecule has 1 N–H and O–H groups in total. The number of nitrogens with one attached hydrogen (secondary N) is 1. The molecule has 1 amide bonds. The lowest BCUT2D eigenvalue weighted by Gasteiger charge is -2.02. The van der Waals surface area contributed by atoms with Gasteiger partial charge in [0.1, 0.15) is 0 Å². The maximum Gasteiger partial charge on any atom is 0.222 e. The zero-order valence-corrected chi connectivity index (χ0v) is 11.4. The van der Waals surface area contributed by atoms with Crippen molar-refractivity contribution in [1.82, 2.24) is 14.4 Å². The highest BCUT2D eigenvalue weighted by Gasteiger charge is 2.05. The number of hydrogen-bond donors (Lipinski definition) is 1. The quantitative estimate of drug-likeness (QED) is 0.737. The number of carbonyl (C=O) groups excluding carboxylic acids is 1. The van der Waals surface area contributed by atoms with Gasteiger partial charge in [0.05, 0.1) is 11.4 Å². The van der Waals surface area contributed by atoms with Crippen LogP contribution in [0, 0.1) is 0 Å². The SMILES string of the molecule is CC(=O)Nc1cc2ccc(-c3ccnc(Cl)n3)cn2c1. The molecule has 0 aliphatic rings. The van der Waals surface area contributed by atoms with Gasteiger partial charge in [-0.05, 0) is 35.9 Å². The average molecular weight is 287 g/mol. The van der Waals surface area contributed by atoms with E-state index < -0.39 is 0 Å². The minimum atomic E-state index is -0.0938. The van der Waals surface area contributed by atoms with E-state index in [-0.39, 0.29) is 11.2 Å². The van der Waals surface area contributed by atoms with Crippen molar-refractivity contribution < 1.29 is 4.79 Å². The molecule has 0 fully saturated rings. The van der Waals surface area contributed by atoms with Gasteiger partial charge in [-0.2, -0.15) is 0 Å². The zero-order valence-electron chi connectivity index (χ0n) is 10.7. The fraction of sp³-hybridized carbons (Fsp3) is 0.0714. The van der Waals surface area contributed by atoms with Crippen LogP contribution in [0.4, 0.5) is 5.69 Å². The van der Waals surface area contributed by atoms with Gasteiger partial charge < -0.3 is 9.72 Å². The van der Waals surface area contributed by atoms with Crippen LogP contribution in [0.5, 0.6) is 0 Å². The second kappa shape index (κ2) is 4.94. The van der Waals surface area contributed by atoms with Gasteiger partial charge in [0.2, 0.25) is 11.2 Å². The van der Waals surface area contributed by atoms with E-state index in [4.69, 9.17) is 11.6 Å². The Kier molecular flexibility index (Phi) is 3.12. The van der Waals surface area contributed by atoms with Crippen molar-refractivity contribution in [3.05, 3.63) is 48.1 Å². The normalized spacial score (nSPS) is 10.7. The Hall–Kier alpha value is -2.40. The molecule has 100 valence electrons. The summed E-state index contributed by atoms with van der Waals surface area (Å²) in [6.45, 7) is 1.48. The maximum atomic E-state index is 11.1. The molecule has 0 aliphatic heterocycles. The van der Waals surface area contributed by atoms with Crippen LogP contribution >= 0.6 is 11.6 Å². The molecule has 3 aromatic heterocycles.